The summed E-state index contributed by atoms with van der Waals surface area (Å²) in [5.41, 5.74) is -0.988. The molecule has 0 atom stereocenters. The first-order valence-corrected chi connectivity index (χ1v) is 3.38. The fourth-order valence-corrected chi connectivity index (χ4v) is 0.910. The van der Waals surface area contributed by atoms with Crippen molar-refractivity contribution in [3.8, 4) is 6.07 Å². The normalized spacial score (nSPS) is 11.0. The lowest BCUT2D eigenvalue weighted by Gasteiger charge is -2.09. The van der Waals surface area contributed by atoms with Crippen LogP contribution in [0.4, 0.5) is 13.2 Å². The second-order valence-corrected chi connectivity index (χ2v) is 2.48. The molecule has 1 nitrogen and oxygen atoms in total. The number of halogens is 3. The van der Waals surface area contributed by atoms with Crippen LogP contribution in [0.5, 0.6) is 0 Å². The van der Waals surface area contributed by atoms with Crippen LogP contribution in [0, 0.1) is 18.3 Å². The van der Waals surface area contributed by atoms with Crippen molar-refractivity contribution in [1.29, 1.82) is 5.26 Å². The maximum atomic E-state index is 12.2. The van der Waals surface area contributed by atoms with Crippen LogP contribution in [-0.4, -0.2) is 0 Å². The van der Waals surface area contributed by atoms with E-state index in [-0.39, 0.29) is 11.1 Å². The van der Waals surface area contributed by atoms with E-state index in [2.05, 4.69) is 6.92 Å². The van der Waals surface area contributed by atoms with Crippen LogP contribution in [0.25, 0.3) is 0 Å². The van der Waals surface area contributed by atoms with Gasteiger partial charge in [0.15, 0.2) is 0 Å². The van der Waals surface area contributed by atoms with Gasteiger partial charge in [0.25, 0.3) is 0 Å². The van der Waals surface area contributed by atoms with E-state index in [0.717, 1.165) is 6.07 Å². The molecule has 13 heavy (non-hydrogen) atoms. The minimum atomic E-state index is -4.44. The average molecular weight is 184 g/mol. The van der Waals surface area contributed by atoms with Gasteiger partial charge in [-0.25, -0.2) is 0 Å². The van der Waals surface area contributed by atoms with Gasteiger partial charge in [0, 0.05) is 0 Å². The van der Waals surface area contributed by atoms with Crippen molar-refractivity contribution in [3.05, 3.63) is 41.8 Å². The van der Waals surface area contributed by atoms with Gasteiger partial charge < -0.3 is 0 Å². The van der Waals surface area contributed by atoms with Crippen LogP contribution in [0.15, 0.2) is 18.2 Å². The van der Waals surface area contributed by atoms with Crippen molar-refractivity contribution in [2.45, 2.75) is 6.18 Å². The molecule has 0 bridgehead atoms. The maximum Gasteiger partial charge on any atom is 0.416 e. The minimum absolute atomic E-state index is 0.0141. The Bertz CT molecular complexity index is 360. The molecule has 1 rings (SSSR count). The molecule has 0 saturated carbocycles. The number of nitriles is 1. The predicted molar refractivity (Wildman–Crippen MR) is 40.6 cm³/mol. The number of benzene rings is 1. The fraction of sp³-hybridized carbons (Fsp3) is 0.111. The molecular weight excluding hydrogens is 179 g/mol. The first kappa shape index (κ1) is 9.59. The molecule has 0 amide bonds. The largest absolute Gasteiger partial charge is 0.416 e. The van der Waals surface area contributed by atoms with Gasteiger partial charge in [0.05, 0.1) is 17.2 Å². The molecule has 1 aromatic carbocycles. The molecule has 0 N–H and O–H groups in total. The number of alkyl halides is 3. The first-order chi connectivity index (χ1) is 5.95. The summed E-state index contributed by atoms with van der Waals surface area (Å²) in [5.74, 6) is 0. The SMILES string of the molecule is [CH2]c1ccc(C#N)cc1C(F)(F)F. The Balaban J connectivity index is 3.29. The standard InChI is InChI=1S/C9H5F3N/c1-6-2-3-7(5-13)4-8(6)9(10,11)12/h2-4H,1H2. The molecule has 0 spiro atoms. The molecule has 1 aromatic rings. The summed E-state index contributed by atoms with van der Waals surface area (Å²) in [7, 11) is 0. The lowest BCUT2D eigenvalue weighted by atomic mass is 10.1. The van der Waals surface area contributed by atoms with Gasteiger partial charge in [-0.3, -0.25) is 0 Å². The predicted octanol–water partition coefficient (Wildman–Crippen LogP) is 2.76. The monoisotopic (exact) mass is 184 g/mol. The molecule has 0 aliphatic rings. The zero-order valence-corrected chi connectivity index (χ0v) is 6.52. The van der Waals surface area contributed by atoms with Crippen LogP contribution < -0.4 is 0 Å². The number of rotatable bonds is 0. The van der Waals surface area contributed by atoms with Crippen LogP contribution >= 0.6 is 0 Å². The first-order valence-electron chi connectivity index (χ1n) is 3.38. The van der Waals surface area contributed by atoms with Gasteiger partial charge in [-0.15, -0.1) is 0 Å². The van der Waals surface area contributed by atoms with Crippen molar-refractivity contribution >= 4 is 0 Å². The zero-order valence-electron chi connectivity index (χ0n) is 6.52. The summed E-state index contributed by atoms with van der Waals surface area (Å²) in [6.45, 7) is 3.23. The van der Waals surface area contributed by atoms with Gasteiger partial charge in [-0.2, -0.15) is 18.4 Å². The summed E-state index contributed by atoms with van der Waals surface area (Å²) >= 11 is 0. The van der Waals surface area contributed by atoms with Crippen molar-refractivity contribution in [3.63, 3.8) is 0 Å². The minimum Gasteiger partial charge on any atom is -0.192 e. The Kier molecular flexibility index (Phi) is 2.28. The second kappa shape index (κ2) is 3.09. The molecular formula is C9H5F3N. The summed E-state index contributed by atoms with van der Waals surface area (Å²) in [6, 6.07) is 4.92. The van der Waals surface area contributed by atoms with Crippen LogP contribution in [0.1, 0.15) is 16.7 Å². The summed E-state index contributed by atoms with van der Waals surface area (Å²) in [6.07, 6.45) is -4.44. The molecule has 0 aromatic heterocycles. The van der Waals surface area contributed by atoms with E-state index in [1.54, 1.807) is 6.07 Å². The quantitative estimate of drug-likeness (QED) is 0.608. The molecule has 0 fully saturated rings. The summed E-state index contributed by atoms with van der Waals surface area (Å²) < 4.78 is 36.6. The van der Waals surface area contributed by atoms with Crippen LogP contribution in [0.3, 0.4) is 0 Å². The van der Waals surface area contributed by atoms with Crippen LogP contribution in [-0.2, 0) is 6.18 Å². The Morgan fingerprint density at radius 3 is 2.38 bits per heavy atom. The zero-order chi connectivity index (χ0) is 10.1. The molecule has 0 aliphatic carbocycles. The topological polar surface area (TPSA) is 23.8 Å². The van der Waals surface area contributed by atoms with Crippen molar-refractivity contribution < 1.29 is 13.2 Å². The van der Waals surface area contributed by atoms with Crippen LogP contribution in [0.2, 0.25) is 0 Å². The third-order valence-corrected chi connectivity index (χ3v) is 1.54. The molecule has 1 radical (unpaired) electrons. The third kappa shape index (κ3) is 2.00. The smallest absolute Gasteiger partial charge is 0.192 e. The highest BCUT2D eigenvalue weighted by molar-refractivity contribution is 5.40. The molecule has 0 heterocycles. The maximum absolute atomic E-state index is 12.2. The van der Waals surface area contributed by atoms with E-state index in [1.165, 1.54) is 12.1 Å². The number of hydrogen-bond donors (Lipinski definition) is 0. The molecule has 67 valence electrons. The third-order valence-electron chi connectivity index (χ3n) is 1.54. The van der Waals surface area contributed by atoms with Gasteiger partial charge >= 0.3 is 6.18 Å². The fourth-order valence-electron chi connectivity index (χ4n) is 0.910. The van der Waals surface area contributed by atoms with E-state index in [4.69, 9.17) is 5.26 Å². The molecule has 4 heteroatoms. The van der Waals surface area contributed by atoms with Crippen molar-refractivity contribution in [2.24, 2.45) is 0 Å². The van der Waals surface area contributed by atoms with Gasteiger partial charge in [-0.1, -0.05) is 6.07 Å². The number of nitrogens with zero attached hydrogens (tertiary/aromatic N) is 1. The highest BCUT2D eigenvalue weighted by Gasteiger charge is 2.32. The number of hydrogen-bond acceptors (Lipinski definition) is 1. The van der Waals surface area contributed by atoms with Gasteiger partial charge in [0.2, 0.25) is 0 Å². The van der Waals surface area contributed by atoms with E-state index in [0.29, 0.717) is 0 Å². The second-order valence-electron chi connectivity index (χ2n) is 2.48. The molecule has 0 aliphatic heterocycles. The summed E-state index contributed by atoms with van der Waals surface area (Å²) in [5, 5.41) is 8.38. The lowest BCUT2D eigenvalue weighted by Crippen LogP contribution is -2.07. The highest BCUT2D eigenvalue weighted by atomic mass is 19.4. The Labute approximate surface area is 73.4 Å². The van der Waals surface area contributed by atoms with E-state index < -0.39 is 11.7 Å². The molecule has 0 saturated heterocycles. The Morgan fingerprint density at radius 1 is 1.31 bits per heavy atom. The lowest BCUT2D eigenvalue weighted by molar-refractivity contribution is -0.137. The van der Waals surface area contributed by atoms with Gasteiger partial charge in [-0.05, 0) is 24.6 Å². The van der Waals surface area contributed by atoms with Gasteiger partial charge in [0.1, 0.15) is 0 Å². The van der Waals surface area contributed by atoms with E-state index in [1.807, 2.05) is 0 Å². The molecule has 0 unspecified atom stereocenters. The van der Waals surface area contributed by atoms with E-state index in [9.17, 15) is 13.2 Å². The Morgan fingerprint density at radius 2 is 1.92 bits per heavy atom. The van der Waals surface area contributed by atoms with E-state index >= 15 is 0 Å². The summed E-state index contributed by atoms with van der Waals surface area (Å²) in [4.78, 5) is 0. The average Bonchev–Trinajstić information content (AvgIpc) is 2.03. The highest BCUT2D eigenvalue weighted by Crippen LogP contribution is 2.32. The Hall–Kier alpha value is -1.50. The van der Waals surface area contributed by atoms with Crippen molar-refractivity contribution in [1.82, 2.24) is 0 Å². The van der Waals surface area contributed by atoms with Crippen molar-refractivity contribution in [2.75, 3.05) is 0 Å².